The highest BCUT2D eigenvalue weighted by atomic mass is 16.6. The first-order chi connectivity index (χ1) is 11.3. The third kappa shape index (κ3) is 5.88. The lowest BCUT2D eigenvalue weighted by molar-refractivity contribution is -0.158. The molecule has 0 bridgehead atoms. The van der Waals surface area contributed by atoms with Crippen molar-refractivity contribution in [2.45, 2.75) is 34.1 Å². The van der Waals surface area contributed by atoms with Crippen molar-refractivity contribution in [3.05, 3.63) is 52.5 Å². The first-order valence-electron chi connectivity index (χ1n) is 7.80. The average Bonchev–Trinajstić information content (AvgIpc) is 2.57. The van der Waals surface area contributed by atoms with E-state index in [0.717, 1.165) is 11.1 Å². The molecule has 0 aliphatic rings. The van der Waals surface area contributed by atoms with Crippen LogP contribution in [0.5, 0.6) is 0 Å². The molecule has 0 atom stereocenters. The first-order valence-corrected chi connectivity index (χ1v) is 7.80. The monoisotopic (exact) mass is 329 g/mol. The van der Waals surface area contributed by atoms with E-state index in [0.29, 0.717) is 6.42 Å². The molecule has 0 radical (unpaired) electrons. The van der Waals surface area contributed by atoms with Gasteiger partial charge in [0.2, 0.25) is 0 Å². The topological polar surface area (TPSA) is 57.0 Å². The molecule has 1 rings (SSSR count). The summed E-state index contributed by atoms with van der Waals surface area (Å²) in [6.45, 7) is 14.5. The molecule has 24 heavy (non-hydrogen) atoms. The van der Waals surface area contributed by atoms with Gasteiger partial charge in [-0.05, 0) is 38.8 Å². The van der Waals surface area contributed by atoms with E-state index in [1.54, 1.807) is 13.8 Å². The zero-order chi connectivity index (χ0) is 18.2. The van der Waals surface area contributed by atoms with Gasteiger partial charge in [0.1, 0.15) is 13.2 Å². The standard InChI is InChI=1S/C19H23NO4/c1-6-19(3,4)18(22)24-12-11-23-17(21)16(20-5)13-15-9-7-14(2)8-10-15/h7-10,13H,6,11-12H2,1-4H3. The predicted molar refractivity (Wildman–Crippen MR) is 91.7 cm³/mol. The van der Waals surface area contributed by atoms with E-state index in [1.807, 2.05) is 38.1 Å². The molecule has 0 spiro atoms. The molecule has 0 amide bonds. The molecule has 0 fully saturated rings. The van der Waals surface area contributed by atoms with Crippen molar-refractivity contribution in [2.24, 2.45) is 5.41 Å². The normalized spacial score (nSPS) is 11.5. The Hall–Kier alpha value is -2.61. The van der Waals surface area contributed by atoms with Crippen LogP contribution in [0.2, 0.25) is 0 Å². The molecule has 0 aliphatic heterocycles. The summed E-state index contributed by atoms with van der Waals surface area (Å²) in [6.07, 6.45) is 2.13. The fourth-order valence-electron chi connectivity index (χ4n) is 1.64. The molecule has 128 valence electrons. The number of hydrogen-bond acceptors (Lipinski definition) is 4. The summed E-state index contributed by atoms with van der Waals surface area (Å²) in [5.74, 6) is -1.06. The molecular weight excluding hydrogens is 306 g/mol. The Morgan fingerprint density at radius 3 is 2.29 bits per heavy atom. The Kier molecular flexibility index (Phi) is 7.19. The lowest BCUT2D eigenvalue weighted by Gasteiger charge is -2.20. The third-order valence-electron chi connectivity index (χ3n) is 3.70. The van der Waals surface area contributed by atoms with Gasteiger partial charge < -0.3 is 9.47 Å². The van der Waals surface area contributed by atoms with E-state index >= 15 is 0 Å². The quantitative estimate of drug-likeness (QED) is 0.331. The molecular formula is C19H23NO4. The van der Waals surface area contributed by atoms with Gasteiger partial charge in [-0.15, -0.1) is 0 Å². The number of ether oxygens (including phenoxy) is 2. The van der Waals surface area contributed by atoms with E-state index in [4.69, 9.17) is 16.0 Å². The van der Waals surface area contributed by atoms with Gasteiger partial charge in [0.05, 0.1) is 12.0 Å². The third-order valence-corrected chi connectivity index (χ3v) is 3.70. The maximum Gasteiger partial charge on any atom is 0.336 e. The molecule has 0 heterocycles. The smallest absolute Gasteiger partial charge is 0.336 e. The molecule has 0 unspecified atom stereocenters. The Labute approximate surface area is 143 Å². The largest absolute Gasteiger partial charge is 0.467 e. The van der Waals surface area contributed by atoms with Crippen LogP contribution < -0.4 is 0 Å². The van der Waals surface area contributed by atoms with E-state index in [9.17, 15) is 9.59 Å². The Morgan fingerprint density at radius 1 is 1.17 bits per heavy atom. The maximum absolute atomic E-state index is 11.9. The van der Waals surface area contributed by atoms with Crippen molar-refractivity contribution in [3.8, 4) is 0 Å². The Balaban J connectivity index is 2.53. The Morgan fingerprint density at radius 2 is 1.75 bits per heavy atom. The fraction of sp³-hybridized carbons (Fsp3) is 0.421. The van der Waals surface area contributed by atoms with Crippen LogP contribution in [0, 0.1) is 18.9 Å². The van der Waals surface area contributed by atoms with E-state index in [2.05, 4.69) is 4.85 Å². The fourth-order valence-corrected chi connectivity index (χ4v) is 1.64. The summed E-state index contributed by atoms with van der Waals surface area (Å²) in [7, 11) is 0. The second-order valence-corrected chi connectivity index (χ2v) is 6.06. The number of aryl methyl sites for hydroxylation is 1. The molecule has 5 nitrogen and oxygen atoms in total. The van der Waals surface area contributed by atoms with E-state index in [-0.39, 0.29) is 24.9 Å². The molecule has 0 saturated heterocycles. The highest BCUT2D eigenvalue weighted by molar-refractivity contribution is 5.95. The average molecular weight is 329 g/mol. The number of carbonyl (C=O) groups is 2. The van der Waals surface area contributed by atoms with Crippen LogP contribution in [0.1, 0.15) is 38.3 Å². The minimum atomic E-state index is -0.726. The zero-order valence-electron chi connectivity index (χ0n) is 14.6. The van der Waals surface area contributed by atoms with Crippen molar-refractivity contribution in [3.63, 3.8) is 0 Å². The van der Waals surface area contributed by atoms with Crippen LogP contribution in [0.25, 0.3) is 10.9 Å². The first kappa shape index (κ1) is 19.4. The van der Waals surface area contributed by atoms with Gasteiger partial charge in [-0.2, -0.15) is 0 Å². The number of rotatable bonds is 7. The van der Waals surface area contributed by atoms with Crippen LogP contribution in [0.15, 0.2) is 30.0 Å². The lowest BCUT2D eigenvalue weighted by Crippen LogP contribution is -2.27. The molecule has 0 aliphatic carbocycles. The van der Waals surface area contributed by atoms with E-state index in [1.165, 1.54) is 6.08 Å². The van der Waals surface area contributed by atoms with Crippen LogP contribution in [0.4, 0.5) is 0 Å². The summed E-state index contributed by atoms with van der Waals surface area (Å²) in [5.41, 5.74) is 1.17. The van der Waals surface area contributed by atoms with Gasteiger partial charge in [0.15, 0.2) is 0 Å². The minimum absolute atomic E-state index is 0.0240. The number of esters is 2. The van der Waals surface area contributed by atoms with Crippen molar-refractivity contribution < 1.29 is 19.1 Å². The summed E-state index contributed by atoms with van der Waals surface area (Å²) in [4.78, 5) is 26.9. The number of hydrogen-bond donors (Lipinski definition) is 0. The van der Waals surface area contributed by atoms with Crippen molar-refractivity contribution in [1.29, 1.82) is 0 Å². The van der Waals surface area contributed by atoms with Crippen LogP contribution in [0.3, 0.4) is 0 Å². The second kappa shape index (κ2) is 8.88. The molecule has 1 aromatic carbocycles. The minimum Gasteiger partial charge on any atom is -0.467 e. The van der Waals surface area contributed by atoms with Gasteiger partial charge in [0.25, 0.3) is 5.70 Å². The molecule has 0 saturated carbocycles. The van der Waals surface area contributed by atoms with Crippen molar-refractivity contribution in [2.75, 3.05) is 13.2 Å². The van der Waals surface area contributed by atoms with Gasteiger partial charge in [0, 0.05) is 0 Å². The SMILES string of the molecule is [C-]#[N+]C(=Cc1ccc(C)cc1)C(=O)OCCOC(=O)C(C)(C)CC. The molecule has 5 heteroatoms. The lowest BCUT2D eigenvalue weighted by atomic mass is 9.91. The summed E-state index contributed by atoms with van der Waals surface area (Å²) < 4.78 is 10.1. The van der Waals surface area contributed by atoms with Crippen molar-refractivity contribution in [1.82, 2.24) is 0 Å². The maximum atomic E-state index is 11.9. The Bertz CT molecular complexity index is 651. The summed E-state index contributed by atoms with van der Waals surface area (Å²) in [6, 6.07) is 7.44. The van der Waals surface area contributed by atoms with Crippen molar-refractivity contribution >= 4 is 18.0 Å². The van der Waals surface area contributed by atoms with Gasteiger partial charge in [-0.3, -0.25) is 9.59 Å². The van der Waals surface area contributed by atoms with Gasteiger partial charge in [-0.1, -0.05) is 36.8 Å². The predicted octanol–water partition coefficient (Wildman–Crippen LogP) is 3.78. The van der Waals surface area contributed by atoms with Crippen LogP contribution >= 0.6 is 0 Å². The molecule has 1 aromatic rings. The summed E-state index contributed by atoms with van der Waals surface area (Å²) in [5, 5.41) is 0. The summed E-state index contributed by atoms with van der Waals surface area (Å²) >= 11 is 0. The zero-order valence-corrected chi connectivity index (χ0v) is 14.6. The van der Waals surface area contributed by atoms with Crippen LogP contribution in [-0.2, 0) is 19.1 Å². The number of nitrogens with zero attached hydrogens (tertiary/aromatic N) is 1. The molecule has 0 aromatic heterocycles. The highest BCUT2D eigenvalue weighted by Crippen LogP contribution is 2.21. The van der Waals surface area contributed by atoms with E-state index < -0.39 is 11.4 Å². The van der Waals surface area contributed by atoms with Gasteiger partial charge >= 0.3 is 11.9 Å². The highest BCUT2D eigenvalue weighted by Gasteiger charge is 2.26. The number of benzene rings is 1. The van der Waals surface area contributed by atoms with Gasteiger partial charge in [-0.25, -0.2) is 4.85 Å². The number of carbonyl (C=O) groups excluding carboxylic acids is 2. The second-order valence-electron chi connectivity index (χ2n) is 6.06. The molecule has 0 N–H and O–H groups in total. The van der Waals surface area contributed by atoms with Crippen LogP contribution in [-0.4, -0.2) is 25.2 Å².